The van der Waals surface area contributed by atoms with Crippen LogP contribution in [0.25, 0.3) is 0 Å². The molecule has 1 fully saturated rings. The second-order valence-electron chi connectivity index (χ2n) is 4.37. The van der Waals surface area contributed by atoms with E-state index in [0.29, 0.717) is 12.5 Å². The highest BCUT2D eigenvalue weighted by molar-refractivity contribution is 14.0. The summed E-state index contributed by atoms with van der Waals surface area (Å²) in [5.41, 5.74) is 7.04. The maximum absolute atomic E-state index is 6.04. The molecule has 114 valence electrons. The van der Waals surface area contributed by atoms with Crippen LogP contribution in [0, 0.1) is 12.3 Å². The van der Waals surface area contributed by atoms with Gasteiger partial charge in [0.05, 0.1) is 6.54 Å². The molecule has 2 N–H and O–H groups in total. The van der Waals surface area contributed by atoms with Crippen LogP contribution in [-0.4, -0.2) is 42.1 Å². The molecule has 0 aromatic heterocycles. The van der Waals surface area contributed by atoms with Crippen LogP contribution in [0.5, 0.6) is 5.75 Å². The minimum atomic E-state index is 0. The number of halogens is 1. The molecule has 0 saturated carbocycles. The van der Waals surface area contributed by atoms with Crippen molar-refractivity contribution in [1.82, 2.24) is 4.90 Å². The Hall–Kier alpha value is -1.07. The second-order valence-corrected chi connectivity index (χ2v) is 5.60. The van der Waals surface area contributed by atoms with E-state index >= 15 is 0 Å². The molecule has 0 amide bonds. The molecule has 0 radical (unpaired) electrons. The van der Waals surface area contributed by atoms with E-state index < -0.39 is 0 Å². The smallest absolute Gasteiger partial charge is 0.191 e. The molecule has 2 rings (SSSR count). The number of hydrogen-bond donors (Lipinski definition) is 1. The minimum absolute atomic E-state index is 0. The first-order valence-corrected chi connectivity index (χ1v) is 7.73. The highest BCUT2D eigenvalue weighted by Gasteiger charge is 2.12. The van der Waals surface area contributed by atoms with Gasteiger partial charge in [-0.25, -0.2) is 4.99 Å². The van der Waals surface area contributed by atoms with Gasteiger partial charge in [0.15, 0.2) is 5.96 Å². The van der Waals surface area contributed by atoms with E-state index in [0.717, 1.165) is 35.9 Å². The van der Waals surface area contributed by atoms with Gasteiger partial charge in [0.25, 0.3) is 0 Å². The third-order valence-corrected chi connectivity index (χ3v) is 3.97. The first kappa shape index (κ1) is 18.0. The van der Waals surface area contributed by atoms with Crippen molar-refractivity contribution in [2.24, 2.45) is 10.7 Å². The van der Waals surface area contributed by atoms with E-state index in [-0.39, 0.29) is 30.6 Å². The van der Waals surface area contributed by atoms with E-state index in [1.165, 1.54) is 0 Å². The number of para-hydroxylation sites is 1. The molecule has 21 heavy (non-hydrogen) atoms. The summed E-state index contributed by atoms with van der Waals surface area (Å²) in [6.07, 6.45) is 5.21. The number of ether oxygens (including phenoxy) is 1. The van der Waals surface area contributed by atoms with Crippen molar-refractivity contribution in [1.29, 1.82) is 0 Å². The van der Waals surface area contributed by atoms with Crippen LogP contribution in [-0.2, 0) is 6.54 Å². The number of nitrogens with two attached hydrogens (primary N) is 1. The van der Waals surface area contributed by atoms with Crippen LogP contribution in [0.15, 0.2) is 29.3 Å². The number of nitrogens with zero attached hydrogens (tertiary/aromatic N) is 2. The van der Waals surface area contributed by atoms with E-state index in [9.17, 15) is 0 Å². The monoisotopic (exact) mass is 417 g/mol. The third kappa shape index (κ3) is 5.67. The summed E-state index contributed by atoms with van der Waals surface area (Å²) in [5.74, 6) is 6.07. The zero-order chi connectivity index (χ0) is 14.2. The lowest BCUT2D eigenvalue weighted by Crippen LogP contribution is -2.42. The second kappa shape index (κ2) is 9.79. The lowest BCUT2D eigenvalue weighted by molar-refractivity contribution is 0.366. The maximum atomic E-state index is 6.04. The number of guanidine groups is 1. The fourth-order valence-electron chi connectivity index (χ4n) is 1.95. The zero-order valence-electron chi connectivity index (χ0n) is 11.8. The van der Waals surface area contributed by atoms with E-state index in [4.69, 9.17) is 16.9 Å². The molecule has 1 saturated heterocycles. The Morgan fingerprint density at radius 2 is 2.10 bits per heavy atom. The summed E-state index contributed by atoms with van der Waals surface area (Å²) >= 11 is 1.95. The molecule has 0 aliphatic carbocycles. The zero-order valence-corrected chi connectivity index (χ0v) is 15.0. The molecule has 1 aromatic rings. The Kier molecular flexibility index (Phi) is 8.38. The van der Waals surface area contributed by atoms with Gasteiger partial charge in [-0.3, -0.25) is 0 Å². The summed E-state index contributed by atoms with van der Waals surface area (Å²) in [7, 11) is 0. The van der Waals surface area contributed by atoms with Crippen molar-refractivity contribution in [3.05, 3.63) is 29.8 Å². The van der Waals surface area contributed by atoms with Gasteiger partial charge in [0.2, 0.25) is 0 Å². The van der Waals surface area contributed by atoms with Crippen molar-refractivity contribution >= 4 is 41.7 Å². The van der Waals surface area contributed by atoms with Gasteiger partial charge in [-0.05, 0) is 6.07 Å². The van der Waals surface area contributed by atoms with Crippen LogP contribution in [0.1, 0.15) is 5.56 Å². The minimum Gasteiger partial charge on any atom is -0.481 e. The number of benzene rings is 1. The van der Waals surface area contributed by atoms with E-state index in [1.807, 2.05) is 36.0 Å². The number of hydrogen-bond acceptors (Lipinski definition) is 3. The molecule has 0 atom stereocenters. The molecule has 1 heterocycles. The molecule has 1 aromatic carbocycles. The van der Waals surface area contributed by atoms with Crippen LogP contribution >= 0.6 is 35.7 Å². The Morgan fingerprint density at radius 1 is 1.38 bits per heavy atom. The molecule has 0 bridgehead atoms. The van der Waals surface area contributed by atoms with Gasteiger partial charge in [-0.15, -0.1) is 30.4 Å². The number of rotatable bonds is 4. The van der Waals surface area contributed by atoms with Gasteiger partial charge in [-0.1, -0.05) is 24.1 Å². The third-order valence-electron chi connectivity index (χ3n) is 3.03. The van der Waals surface area contributed by atoms with Gasteiger partial charge < -0.3 is 15.4 Å². The van der Waals surface area contributed by atoms with Crippen LogP contribution in [0.4, 0.5) is 0 Å². The first-order chi connectivity index (χ1) is 9.81. The summed E-state index contributed by atoms with van der Waals surface area (Å²) < 4.78 is 5.50. The lowest BCUT2D eigenvalue weighted by Gasteiger charge is -2.27. The molecule has 1 aliphatic heterocycles. The number of thioether (sulfide) groups is 1. The summed E-state index contributed by atoms with van der Waals surface area (Å²) in [6.45, 7) is 2.71. The molecular formula is C15H20IN3OS. The van der Waals surface area contributed by atoms with Crippen molar-refractivity contribution in [3.8, 4) is 18.1 Å². The fourth-order valence-corrected chi connectivity index (χ4v) is 2.86. The first-order valence-electron chi connectivity index (χ1n) is 6.58. The van der Waals surface area contributed by atoms with Gasteiger partial charge in [0.1, 0.15) is 12.4 Å². The number of aliphatic imine (C=N–C) groups is 1. The van der Waals surface area contributed by atoms with Crippen LogP contribution in [0.3, 0.4) is 0 Å². The van der Waals surface area contributed by atoms with Crippen molar-refractivity contribution in [3.63, 3.8) is 0 Å². The molecule has 0 unspecified atom stereocenters. The molecule has 1 aliphatic rings. The van der Waals surface area contributed by atoms with Crippen LogP contribution in [0.2, 0.25) is 0 Å². The summed E-state index contributed by atoms with van der Waals surface area (Å²) in [5, 5.41) is 0. The highest BCUT2D eigenvalue weighted by atomic mass is 127. The van der Waals surface area contributed by atoms with Gasteiger partial charge in [-0.2, -0.15) is 11.8 Å². The van der Waals surface area contributed by atoms with Gasteiger partial charge in [0, 0.05) is 30.2 Å². The van der Waals surface area contributed by atoms with E-state index in [2.05, 4.69) is 15.8 Å². The SMILES string of the molecule is C#CCOc1ccccc1CN=C(N)N1CCSCC1.I. The average Bonchev–Trinajstić information content (AvgIpc) is 2.52. The molecule has 4 nitrogen and oxygen atoms in total. The van der Waals surface area contributed by atoms with Crippen molar-refractivity contribution < 1.29 is 4.74 Å². The normalized spacial score (nSPS) is 15.0. The quantitative estimate of drug-likeness (QED) is 0.353. The van der Waals surface area contributed by atoms with Crippen molar-refractivity contribution in [2.75, 3.05) is 31.2 Å². The maximum Gasteiger partial charge on any atom is 0.191 e. The Morgan fingerprint density at radius 3 is 2.81 bits per heavy atom. The summed E-state index contributed by atoms with van der Waals surface area (Å²) in [6, 6.07) is 7.76. The fraction of sp³-hybridized carbons (Fsp3) is 0.400. The van der Waals surface area contributed by atoms with Crippen LogP contribution < -0.4 is 10.5 Å². The average molecular weight is 417 g/mol. The lowest BCUT2D eigenvalue weighted by atomic mass is 10.2. The van der Waals surface area contributed by atoms with Crippen molar-refractivity contribution in [2.45, 2.75) is 6.54 Å². The molecule has 0 spiro atoms. The Bertz CT molecular complexity index is 510. The summed E-state index contributed by atoms with van der Waals surface area (Å²) in [4.78, 5) is 6.59. The topological polar surface area (TPSA) is 50.9 Å². The largest absolute Gasteiger partial charge is 0.481 e. The predicted octanol–water partition coefficient (Wildman–Crippen LogP) is 2.18. The molecule has 6 heteroatoms. The highest BCUT2D eigenvalue weighted by Crippen LogP contribution is 2.19. The standard InChI is InChI=1S/C15H19N3OS.HI/c1-2-9-19-14-6-4-3-5-13(14)12-17-15(16)18-7-10-20-11-8-18;/h1,3-6H,7-12H2,(H2,16,17);1H. The van der Waals surface area contributed by atoms with Gasteiger partial charge >= 0.3 is 0 Å². The van der Waals surface area contributed by atoms with E-state index in [1.54, 1.807) is 0 Å². The molecular weight excluding hydrogens is 397 g/mol. The Balaban J connectivity index is 0.00000220. The number of terminal acetylenes is 1. The predicted molar refractivity (Wildman–Crippen MR) is 100 cm³/mol. The Labute approximate surface area is 147 Å².